The van der Waals surface area contributed by atoms with Gasteiger partial charge in [-0.1, -0.05) is 11.6 Å². The van der Waals surface area contributed by atoms with Gasteiger partial charge in [-0.3, -0.25) is 4.98 Å². The molecule has 0 aliphatic carbocycles. The number of H-pyrrole nitrogens is 1. The zero-order chi connectivity index (χ0) is 10.3. The van der Waals surface area contributed by atoms with Gasteiger partial charge in [0.25, 0.3) is 0 Å². The van der Waals surface area contributed by atoms with E-state index < -0.39 is 0 Å². The van der Waals surface area contributed by atoms with Crippen LogP contribution >= 0.6 is 11.6 Å². The first-order valence-electron chi connectivity index (χ1n) is 4.51. The summed E-state index contributed by atoms with van der Waals surface area (Å²) >= 11 is 6.23. The smallest absolute Gasteiger partial charge is 0.151 e. The van der Waals surface area contributed by atoms with Crippen LogP contribution in [-0.4, -0.2) is 9.97 Å². The quantitative estimate of drug-likeness (QED) is 0.680. The largest absolute Gasteiger partial charge is 0.463 e. The SMILES string of the molecule is Clc1c(-c2ccco2)[nH]c2cnccc12. The van der Waals surface area contributed by atoms with E-state index in [0.717, 1.165) is 22.4 Å². The number of pyridine rings is 1. The molecule has 1 N–H and O–H groups in total. The second-order valence-electron chi connectivity index (χ2n) is 3.21. The number of rotatable bonds is 1. The first-order valence-corrected chi connectivity index (χ1v) is 4.89. The van der Waals surface area contributed by atoms with Crippen LogP contribution in [0.1, 0.15) is 0 Å². The molecule has 15 heavy (non-hydrogen) atoms. The Labute approximate surface area is 90.7 Å². The summed E-state index contributed by atoms with van der Waals surface area (Å²) in [6.45, 7) is 0. The van der Waals surface area contributed by atoms with Crippen LogP contribution in [0.4, 0.5) is 0 Å². The summed E-state index contributed by atoms with van der Waals surface area (Å²) in [6, 6.07) is 5.57. The molecule has 3 aromatic rings. The molecule has 0 radical (unpaired) electrons. The van der Waals surface area contributed by atoms with Crippen molar-refractivity contribution in [3.63, 3.8) is 0 Å². The van der Waals surface area contributed by atoms with E-state index in [-0.39, 0.29) is 0 Å². The van der Waals surface area contributed by atoms with E-state index in [4.69, 9.17) is 16.0 Å². The molecule has 0 aliphatic heterocycles. The third-order valence-corrected chi connectivity index (χ3v) is 2.70. The number of hydrogen-bond donors (Lipinski definition) is 1. The van der Waals surface area contributed by atoms with Crippen molar-refractivity contribution in [3.8, 4) is 11.5 Å². The summed E-state index contributed by atoms with van der Waals surface area (Å²) in [7, 11) is 0. The van der Waals surface area contributed by atoms with E-state index >= 15 is 0 Å². The van der Waals surface area contributed by atoms with Crippen molar-refractivity contribution >= 4 is 22.5 Å². The monoisotopic (exact) mass is 218 g/mol. The number of furan rings is 1. The molecule has 0 unspecified atom stereocenters. The molecular formula is C11H7ClN2O. The van der Waals surface area contributed by atoms with Crippen LogP contribution < -0.4 is 0 Å². The van der Waals surface area contributed by atoms with Gasteiger partial charge in [0.2, 0.25) is 0 Å². The van der Waals surface area contributed by atoms with Crippen LogP contribution in [0, 0.1) is 0 Å². The standard InChI is InChI=1S/C11H7ClN2O/c12-10-7-3-4-13-6-8(7)14-11(10)9-2-1-5-15-9/h1-6,14H. The Balaban J connectivity index is 2.33. The highest BCUT2D eigenvalue weighted by Gasteiger charge is 2.12. The molecule has 0 saturated carbocycles. The molecule has 0 bridgehead atoms. The molecule has 74 valence electrons. The lowest BCUT2D eigenvalue weighted by atomic mass is 10.3. The van der Waals surface area contributed by atoms with E-state index in [1.54, 1.807) is 18.7 Å². The molecule has 3 rings (SSSR count). The maximum Gasteiger partial charge on any atom is 0.151 e. The van der Waals surface area contributed by atoms with Crippen molar-refractivity contribution in [2.24, 2.45) is 0 Å². The third kappa shape index (κ3) is 1.24. The summed E-state index contributed by atoms with van der Waals surface area (Å²) < 4.78 is 5.29. The summed E-state index contributed by atoms with van der Waals surface area (Å²) in [6.07, 6.45) is 5.08. The highest BCUT2D eigenvalue weighted by molar-refractivity contribution is 6.38. The highest BCUT2D eigenvalue weighted by atomic mass is 35.5. The van der Waals surface area contributed by atoms with Crippen LogP contribution in [0.15, 0.2) is 41.3 Å². The summed E-state index contributed by atoms with van der Waals surface area (Å²) in [5.74, 6) is 0.733. The number of aromatic nitrogens is 2. The second kappa shape index (κ2) is 3.14. The van der Waals surface area contributed by atoms with Gasteiger partial charge in [0.1, 0.15) is 5.69 Å². The number of fused-ring (bicyclic) bond motifs is 1. The summed E-state index contributed by atoms with van der Waals surface area (Å²) in [4.78, 5) is 7.21. The van der Waals surface area contributed by atoms with Crippen molar-refractivity contribution in [1.29, 1.82) is 0 Å². The Kier molecular flexibility index (Phi) is 1.79. The van der Waals surface area contributed by atoms with E-state index in [9.17, 15) is 0 Å². The Hall–Kier alpha value is -1.74. The van der Waals surface area contributed by atoms with Gasteiger partial charge in [-0.05, 0) is 18.2 Å². The zero-order valence-corrected chi connectivity index (χ0v) is 8.45. The zero-order valence-electron chi connectivity index (χ0n) is 7.70. The van der Waals surface area contributed by atoms with Crippen molar-refractivity contribution in [3.05, 3.63) is 41.9 Å². The molecule has 0 saturated heterocycles. The average molecular weight is 219 g/mol. The molecule has 0 amide bonds. The fourth-order valence-electron chi connectivity index (χ4n) is 1.60. The van der Waals surface area contributed by atoms with Crippen LogP contribution in [0.2, 0.25) is 5.02 Å². The highest BCUT2D eigenvalue weighted by Crippen LogP contribution is 2.33. The molecule has 3 heterocycles. The molecule has 3 nitrogen and oxygen atoms in total. The molecule has 0 atom stereocenters. The van der Waals surface area contributed by atoms with E-state index in [1.807, 2.05) is 18.2 Å². The maximum atomic E-state index is 6.23. The molecule has 0 aliphatic rings. The molecule has 3 aromatic heterocycles. The molecule has 4 heteroatoms. The Morgan fingerprint density at radius 3 is 3.00 bits per heavy atom. The van der Waals surface area contributed by atoms with E-state index in [2.05, 4.69) is 9.97 Å². The van der Waals surface area contributed by atoms with E-state index in [1.165, 1.54) is 0 Å². The number of nitrogens with zero attached hydrogens (tertiary/aromatic N) is 1. The van der Waals surface area contributed by atoms with Crippen LogP contribution in [0.25, 0.3) is 22.4 Å². The lowest BCUT2D eigenvalue weighted by molar-refractivity contribution is 0.580. The van der Waals surface area contributed by atoms with Gasteiger partial charge in [-0.25, -0.2) is 0 Å². The predicted molar refractivity (Wildman–Crippen MR) is 58.8 cm³/mol. The second-order valence-corrected chi connectivity index (χ2v) is 3.59. The Morgan fingerprint density at radius 1 is 1.33 bits per heavy atom. The molecule has 0 fully saturated rings. The Morgan fingerprint density at radius 2 is 2.27 bits per heavy atom. The van der Waals surface area contributed by atoms with Crippen molar-refractivity contribution in [2.75, 3.05) is 0 Å². The Bertz CT molecular complexity index is 598. The normalized spacial score (nSPS) is 11.0. The maximum absolute atomic E-state index is 6.23. The van der Waals surface area contributed by atoms with Gasteiger partial charge in [0.05, 0.1) is 23.0 Å². The van der Waals surface area contributed by atoms with Crippen molar-refractivity contribution in [1.82, 2.24) is 9.97 Å². The first kappa shape index (κ1) is 8.56. The number of aromatic amines is 1. The minimum atomic E-state index is 0.669. The number of hydrogen-bond acceptors (Lipinski definition) is 2. The summed E-state index contributed by atoms with van der Waals surface area (Å²) in [5.41, 5.74) is 1.71. The fourth-order valence-corrected chi connectivity index (χ4v) is 1.91. The van der Waals surface area contributed by atoms with Gasteiger partial charge < -0.3 is 9.40 Å². The third-order valence-electron chi connectivity index (χ3n) is 2.30. The summed E-state index contributed by atoms with van der Waals surface area (Å²) in [5, 5.41) is 1.63. The molecule has 0 aromatic carbocycles. The van der Waals surface area contributed by atoms with Gasteiger partial charge in [0, 0.05) is 11.6 Å². The molecular weight excluding hydrogens is 212 g/mol. The van der Waals surface area contributed by atoms with Crippen LogP contribution in [-0.2, 0) is 0 Å². The van der Waals surface area contributed by atoms with Gasteiger partial charge in [-0.15, -0.1) is 0 Å². The van der Waals surface area contributed by atoms with Crippen molar-refractivity contribution < 1.29 is 4.42 Å². The predicted octanol–water partition coefficient (Wildman–Crippen LogP) is 3.48. The van der Waals surface area contributed by atoms with Crippen LogP contribution in [0.5, 0.6) is 0 Å². The van der Waals surface area contributed by atoms with Gasteiger partial charge >= 0.3 is 0 Å². The number of halogens is 1. The topological polar surface area (TPSA) is 41.8 Å². The van der Waals surface area contributed by atoms with Crippen molar-refractivity contribution in [2.45, 2.75) is 0 Å². The van der Waals surface area contributed by atoms with Crippen LogP contribution in [0.3, 0.4) is 0 Å². The average Bonchev–Trinajstić information content (AvgIpc) is 2.87. The van der Waals surface area contributed by atoms with Gasteiger partial charge in [-0.2, -0.15) is 0 Å². The molecule has 0 spiro atoms. The first-order chi connectivity index (χ1) is 7.36. The fraction of sp³-hybridized carbons (Fsp3) is 0. The minimum Gasteiger partial charge on any atom is -0.463 e. The minimum absolute atomic E-state index is 0.669. The number of nitrogens with one attached hydrogen (secondary N) is 1. The van der Waals surface area contributed by atoms with Gasteiger partial charge in [0.15, 0.2) is 5.76 Å². The van der Waals surface area contributed by atoms with E-state index in [0.29, 0.717) is 5.02 Å². The lowest BCUT2D eigenvalue weighted by Gasteiger charge is -1.91. The lowest BCUT2D eigenvalue weighted by Crippen LogP contribution is -1.72.